The molecule has 1 N–H and O–H groups in total. The minimum atomic E-state index is -0.578. The quantitative estimate of drug-likeness (QED) is 0.881. The molecule has 5 heteroatoms. The van der Waals surface area contributed by atoms with Gasteiger partial charge in [0.25, 0.3) is 11.8 Å². The lowest BCUT2D eigenvalue weighted by Gasteiger charge is -2.35. The summed E-state index contributed by atoms with van der Waals surface area (Å²) < 4.78 is 0. The van der Waals surface area contributed by atoms with Crippen molar-refractivity contribution in [1.29, 1.82) is 0 Å². The molecule has 0 bridgehead atoms. The molecule has 5 nitrogen and oxygen atoms in total. The highest BCUT2D eigenvalue weighted by Gasteiger charge is 2.29. The van der Waals surface area contributed by atoms with E-state index >= 15 is 0 Å². The number of aromatic nitrogens is 1. The lowest BCUT2D eigenvalue weighted by molar-refractivity contribution is 0.0357. The van der Waals surface area contributed by atoms with Crippen molar-refractivity contribution < 1.29 is 9.59 Å². The van der Waals surface area contributed by atoms with Crippen LogP contribution in [-0.4, -0.2) is 27.3 Å². The molecular weight excluding hydrogens is 302 g/mol. The first-order chi connectivity index (χ1) is 11.3. The number of carbonyl (C=O) groups excluding carboxylic acids is 2. The monoisotopic (exact) mass is 325 g/mol. The first-order valence-electron chi connectivity index (χ1n) is 7.98. The summed E-state index contributed by atoms with van der Waals surface area (Å²) in [6.07, 6.45) is 2.45. The van der Waals surface area contributed by atoms with Crippen LogP contribution in [0.5, 0.6) is 0 Å². The Morgan fingerprint density at radius 2 is 1.75 bits per heavy atom. The van der Waals surface area contributed by atoms with Gasteiger partial charge in [0.05, 0.1) is 5.54 Å². The van der Waals surface area contributed by atoms with Crippen molar-refractivity contribution in [2.75, 3.05) is 0 Å². The zero-order valence-corrected chi connectivity index (χ0v) is 14.5. The number of nitrogens with one attached hydrogen (secondary N) is 1. The molecule has 0 aliphatic heterocycles. The fourth-order valence-corrected chi connectivity index (χ4v) is 2.19. The molecule has 2 aromatic rings. The number of carbonyl (C=O) groups is 2. The van der Waals surface area contributed by atoms with E-state index in [9.17, 15) is 9.59 Å². The van der Waals surface area contributed by atoms with Gasteiger partial charge in [-0.15, -0.1) is 0 Å². The summed E-state index contributed by atoms with van der Waals surface area (Å²) in [6.45, 7) is 7.66. The smallest absolute Gasteiger partial charge is 0.267 e. The highest BCUT2D eigenvalue weighted by atomic mass is 16.2. The molecular formula is C19H23N3O2. The van der Waals surface area contributed by atoms with Gasteiger partial charge < -0.3 is 0 Å². The summed E-state index contributed by atoms with van der Waals surface area (Å²) in [5, 5.41) is 1.35. The summed E-state index contributed by atoms with van der Waals surface area (Å²) in [4.78, 5) is 29.2. The van der Waals surface area contributed by atoms with E-state index in [0.717, 1.165) is 12.0 Å². The zero-order chi connectivity index (χ0) is 17.7. The largest absolute Gasteiger partial charge is 0.288 e. The van der Waals surface area contributed by atoms with Gasteiger partial charge >= 0.3 is 0 Å². The first-order valence-corrected chi connectivity index (χ1v) is 7.98. The van der Waals surface area contributed by atoms with Crippen LogP contribution < -0.4 is 5.43 Å². The van der Waals surface area contributed by atoms with Crippen molar-refractivity contribution in [3.63, 3.8) is 0 Å². The molecule has 0 saturated carbocycles. The fourth-order valence-electron chi connectivity index (χ4n) is 2.19. The van der Waals surface area contributed by atoms with Gasteiger partial charge in [-0.3, -0.25) is 20.0 Å². The van der Waals surface area contributed by atoms with E-state index in [2.05, 4.69) is 17.3 Å². The zero-order valence-electron chi connectivity index (χ0n) is 14.5. The average Bonchev–Trinajstić information content (AvgIpc) is 2.58. The van der Waals surface area contributed by atoms with E-state index in [1.807, 2.05) is 32.9 Å². The number of benzene rings is 1. The van der Waals surface area contributed by atoms with Gasteiger partial charge in [0.2, 0.25) is 0 Å². The van der Waals surface area contributed by atoms with Crippen LogP contribution in [0.15, 0.2) is 48.7 Å². The summed E-state index contributed by atoms with van der Waals surface area (Å²) in [5.74, 6) is -0.668. The van der Waals surface area contributed by atoms with E-state index in [4.69, 9.17) is 0 Å². The summed E-state index contributed by atoms with van der Waals surface area (Å²) >= 11 is 0. The number of aryl methyl sites for hydroxylation is 1. The van der Waals surface area contributed by atoms with Crippen molar-refractivity contribution >= 4 is 11.8 Å². The van der Waals surface area contributed by atoms with Crippen molar-refractivity contribution in [2.45, 2.75) is 39.7 Å². The van der Waals surface area contributed by atoms with Gasteiger partial charge in [-0.05, 0) is 57.0 Å². The fraction of sp³-hybridized carbons (Fsp3) is 0.316. The number of pyridine rings is 1. The van der Waals surface area contributed by atoms with Crippen molar-refractivity contribution in [1.82, 2.24) is 15.4 Å². The predicted molar refractivity (Wildman–Crippen MR) is 93.4 cm³/mol. The Bertz CT molecular complexity index is 704. The third-order valence-corrected chi connectivity index (χ3v) is 3.59. The lowest BCUT2D eigenvalue weighted by atomic mass is 10.0. The van der Waals surface area contributed by atoms with Crippen molar-refractivity contribution in [2.24, 2.45) is 0 Å². The molecule has 0 saturated heterocycles. The second-order valence-electron chi connectivity index (χ2n) is 6.52. The van der Waals surface area contributed by atoms with Crippen molar-refractivity contribution in [3.05, 3.63) is 65.5 Å². The number of hydrogen-bond acceptors (Lipinski definition) is 3. The van der Waals surface area contributed by atoms with Crippen LogP contribution in [0.25, 0.3) is 0 Å². The van der Waals surface area contributed by atoms with Crippen LogP contribution in [0.2, 0.25) is 0 Å². The second kappa shape index (κ2) is 7.25. The second-order valence-corrected chi connectivity index (χ2v) is 6.52. The molecule has 0 atom stereocenters. The maximum atomic E-state index is 12.8. The number of rotatable bonds is 3. The van der Waals surface area contributed by atoms with E-state index in [-0.39, 0.29) is 11.6 Å². The van der Waals surface area contributed by atoms with Crippen LogP contribution in [0.3, 0.4) is 0 Å². The van der Waals surface area contributed by atoms with E-state index in [0.29, 0.717) is 5.56 Å². The SMILES string of the molecule is CCc1ccc(C(=O)N(NC(=O)c2ccccn2)C(C)(C)C)cc1. The lowest BCUT2D eigenvalue weighted by Crippen LogP contribution is -2.56. The van der Waals surface area contributed by atoms with Crippen LogP contribution in [0.1, 0.15) is 54.1 Å². The maximum absolute atomic E-state index is 12.8. The molecule has 2 amide bonds. The van der Waals surface area contributed by atoms with Crippen LogP contribution in [-0.2, 0) is 6.42 Å². The average molecular weight is 325 g/mol. The molecule has 1 aromatic carbocycles. The van der Waals surface area contributed by atoms with Gasteiger partial charge in [-0.2, -0.15) is 0 Å². The van der Waals surface area contributed by atoms with Gasteiger partial charge in [-0.1, -0.05) is 25.1 Å². The molecule has 1 aromatic heterocycles. The Morgan fingerprint density at radius 1 is 1.08 bits per heavy atom. The number of amides is 2. The third kappa shape index (κ3) is 4.19. The van der Waals surface area contributed by atoms with E-state index in [1.54, 1.807) is 36.5 Å². The highest BCUT2D eigenvalue weighted by molar-refractivity contribution is 5.98. The minimum absolute atomic E-state index is 0.255. The summed E-state index contributed by atoms with van der Waals surface area (Å²) in [6, 6.07) is 12.5. The topological polar surface area (TPSA) is 62.3 Å². The number of hydrogen-bond donors (Lipinski definition) is 1. The maximum Gasteiger partial charge on any atom is 0.288 e. The van der Waals surface area contributed by atoms with Gasteiger partial charge in [0.1, 0.15) is 5.69 Å². The van der Waals surface area contributed by atoms with E-state index < -0.39 is 11.4 Å². The van der Waals surface area contributed by atoms with Crippen LogP contribution >= 0.6 is 0 Å². The third-order valence-electron chi connectivity index (χ3n) is 3.59. The summed E-state index contributed by atoms with van der Waals surface area (Å²) in [7, 11) is 0. The Kier molecular flexibility index (Phi) is 5.34. The van der Waals surface area contributed by atoms with Crippen molar-refractivity contribution in [3.8, 4) is 0 Å². The normalized spacial score (nSPS) is 11.0. The molecule has 0 unspecified atom stereocenters. The molecule has 1 heterocycles. The standard InChI is InChI=1S/C19H23N3O2/c1-5-14-9-11-15(12-10-14)18(24)22(19(2,3)4)21-17(23)16-8-6-7-13-20-16/h6-13H,5H2,1-4H3,(H,21,23). The van der Waals surface area contributed by atoms with Gasteiger partial charge in [0.15, 0.2) is 0 Å². The molecule has 0 fully saturated rings. The molecule has 126 valence electrons. The minimum Gasteiger partial charge on any atom is -0.267 e. The number of nitrogens with zero attached hydrogens (tertiary/aromatic N) is 2. The molecule has 0 aliphatic rings. The van der Waals surface area contributed by atoms with Crippen LogP contribution in [0, 0.1) is 0 Å². The van der Waals surface area contributed by atoms with E-state index in [1.165, 1.54) is 5.01 Å². The Morgan fingerprint density at radius 3 is 2.25 bits per heavy atom. The first kappa shape index (κ1) is 17.7. The number of hydrazine groups is 1. The molecule has 0 aliphatic carbocycles. The Labute approximate surface area is 142 Å². The molecule has 0 spiro atoms. The Balaban J connectivity index is 2.24. The van der Waals surface area contributed by atoms with Gasteiger partial charge in [0, 0.05) is 11.8 Å². The van der Waals surface area contributed by atoms with Crippen LogP contribution in [0.4, 0.5) is 0 Å². The molecule has 2 rings (SSSR count). The Hall–Kier alpha value is -2.69. The summed E-state index contributed by atoms with van der Waals surface area (Å²) in [5.41, 5.74) is 4.06. The molecule has 0 radical (unpaired) electrons. The highest BCUT2D eigenvalue weighted by Crippen LogP contribution is 2.16. The molecule has 24 heavy (non-hydrogen) atoms. The predicted octanol–water partition coefficient (Wildman–Crippen LogP) is 3.23. The van der Waals surface area contributed by atoms with Gasteiger partial charge in [-0.25, -0.2) is 5.01 Å².